The van der Waals surface area contributed by atoms with E-state index in [9.17, 15) is 8.78 Å². The highest BCUT2D eigenvalue weighted by atomic mass is 19.1. The van der Waals surface area contributed by atoms with Gasteiger partial charge in [0.2, 0.25) is 0 Å². The molecule has 4 nitrogen and oxygen atoms in total. The Labute approximate surface area is 65.7 Å². The summed E-state index contributed by atoms with van der Waals surface area (Å²) in [5.41, 5.74) is 7.70. The summed E-state index contributed by atoms with van der Waals surface area (Å²) in [4.78, 5) is 2.33. The molecule has 0 amide bonds. The molecule has 0 aliphatic heterocycles. The number of nitrogens with zero attached hydrogens (tertiary/aromatic N) is 3. The second-order valence-electron chi connectivity index (χ2n) is 1.95. The first-order valence-electron chi connectivity index (χ1n) is 2.88. The number of halogens is 2. The summed E-state index contributed by atoms with van der Waals surface area (Å²) in [6.45, 7) is 0. The Morgan fingerprint density at radius 2 is 1.83 bits per heavy atom. The summed E-state index contributed by atoms with van der Waals surface area (Å²) in [5.74, 6) is -3.39. The van der Waals surface area contributed by atoms with Crippen LogP contribution in [0.2, 0.25) is 0 Å². The van der Waals surface area contributed by atoms with Gasteiger partial charge in [0.1, 0.15) is 0 Å². The van der Waals surface area contributed by atoms with Gasteiger partial charge < -0.3 is 5.11 Å². The van der Waals surface area contributed by atoms with Crippen LogP contribution in [0, 0.1) is 11.6 Å². The molecule has 62 valence electrons. The number of phenolic OH excluding ortho intramolecular Hbond substituents is 1. The molecule has 0 heterocycles. The lowest BCUT2D eigenvalue weighted by Crippen LogP contribution is -1.80. The van der Waals surface area contributed by atoms with Crippen molar-refractivity contribution in [2.24, 2.45) is 5.11 Å². The molecule has 0 bridgehead atoms. The summed E-state index contributed by atoms with van der Waals surface area (Å²) < 4.78 is 25.0. The smallest absolute Gasteiger partial charge is 0.187 e. The zero-order chi connectivity index (χ0) is 9.14. The summed E-state index contributed by atoms with van der Waals surface area (Å²) in [5, 5.41) is 11.6. The first-order valence-corrected chi connectivity index (χ1v) is 2.88. The van der Waals surface area contributed by atoms with Crippen molar-refractivity contribution in [1.29, 1.82) is 0 Å². The average Bonchev–Trinajstić information content (AvgIpc) is 2.01. The van der Waals surface area contributed by atoms with Crippen LogP contribution in [-0.4, -0.2) is 5.11 Å². The second-order valence-corrected chi connectivity index (χ2v) is 1.95. The van der Waals surface area contributed by atoms with Gasteiger partial charge >= 0.3 is 0 Å². The van der Waals surface area contributed by atoms with Crippen LogP contribution in [0.4, 0.5) is 14.5 Å². The Morgan fingerprint density at radius 3 is 2.25 bits per heavy atom. The van der Waals surface area contributed by atoms with Gasteiger partial charge in [-0.2, -0.15) is 0 Å². The Hall–Kier alpha value is -1.81. The lowest BCUT2D eigenvalue weighted by molar-refractivity contribution is 0.396. The third-order valence-electron chi connectivity index (χ3n) is 1.16. The fourth-order valence-corrected chi connectivity index (χ4v) is 0.662. The minimum Gasteiger partial charge on any atom is -0.503 e. The lowest BCUT2D eigenvalue weighted by Gasteiger charge is -1.97. The normalized spacial score (nSPS) is 9.17. The third kappa shape index (κ3) is 1.43. The molecule has 1 N–H and O–H groups in total. The van der Waals surface area contributed by atoms with Crippen LogP contribution in [0.25, 0.3) is 10.4 Å². The maximum atomic E-state index is 12.5. The van der Waals surface area contributed by atoms with Crippen LogP contribution in [0.3, 0.4) is 0 Å². The van der Waals surface area contributed by atoms with E-state index in [0.717, 1.165) is 12.1 Å². The van der Waals surface area contributed by atoms with E-state index in [1.807, 2.05) is 0 Å². The zero-order valence-electron chi connectivity index (χ0n) is 5.70. The van der Waals surface area contributed by atoms with Crippen molar-refractivity contribution < 1.29 is 13.9 Å². The fraction of sp³-hybridized carbons (Fsp3) is 0. The molecule has 0 unspecified atom stereocenters. The van der Waals surface area contributed by atoms with Gasteiger partial charge in [-0.3, -0.25) is 0 Å². The molecule has 0 radical (unpaired) electrons. The van der Waals surface area contributed by atoms with Crippen molar-refractivity contribution in [2.45, 2.75) is 0 Å². The molecule has 0 aromatic heterocycles. The largest absolute Gasteiger partial charge is 0.503 e. The van der Waals surface area contributed by atoms with E-state index in [0.29, 0.717) is 0 Å². The zero-order valence-corrected chi connectivity index (χ0v) is 5.70. The van der Waals surface area contributed by atoms with Gasteiger partial charge in [0.25, 0.3) is 0 Å². The van der Waals surface area contributed by atoms with E-state index >= 15 is 0 Å². The molecule has 1 rings (SSSR count). The predicted molar refractivity (Wildman–Crippen MR) is 36.8 cm³/mol. The number of rotatable bonds is 1. The van der Waals surface area contributed by atoms with E-state index < -0.39 is 17.4 Å². The number of aromatic hydroxyl groups is 1. The van der Waals surface area contributed by atoms with Crippen LogP contribution in [-0.2, 0) is 0 Å². The monoisotopic (exact) mass is 171 g/mol. The molecule has 0 aliphatic rings. The molecule has 1 aromatic carbocycles. The highest BCUT2D eigenvalue weighted by molar-refractivity contribution is 5.42. The van der Waals surface area contributed by atoms with Gasteiger partial charge in [-0.15, -0.1) is 0 Å². The van der Waals surface area contributed by atoms with Gasteiger partial charge in [-0.1, -0.05) is 5.11 Å². The number of azide groups is 1. The summed E-state index contributed by atoms with van der Waals surface area (Å²) >= 11 is 0. The van der Waals surface area contributed by atoms with Crippen molar-refractivity contribution in [3.63, 3.8) is 0 Å². The molecule has 1 aromatic rings. The number of phenols is 1. The van der Waals surface area contributed by atoms with Gasteiger partial charge in [0, 0.05) is 10.6 Å². The van der Waals surface area contributed by atoms with E-state index in [2.05, 4.69) is 10.0 Å². The molecule has 0 aliphatic carbocycles. The van der Waals surface area contributed by atoms with Gasteiger partial charge in [0.05, 0.1) is 0 Å². The number of benzene rings is 1. The van der Waals surface area contributed by atoms with Crippen LogP contribution < -0.4 is 0 Å². The van der Waals surface area contributed by atoms with Gasteiger partial charge in [-0.25, -0.2) is 8.78 Å². The molecular formula is C6H3F2N3O. The van der Waals surface area contributed by atoms with E-state index in [-0.39, 0.29) is 5.69 Å². The molecule has 0 saturated carbocycles. The first-order chi connectivity index (χ1) is 5.65. The molecular weight excluding hydrogens is 168 g/mol. The standard InChI is InChI=1S/C6H3F2N3O/c7-4-1-3(10-11-9)2-5(8)6(4)12/h1-2,12H. The maximum Gasteiger partial charge on any atom is 0.187 e. The highest BCUT2D eigenvalue weighted by Gasteiger charge is 2.07. The van der Waals surface area contributed by atoms with E-state index in [1.165, 1.54) is 0 Å². The van der Waals surface area contributed by atoms with E-state index in [1.54, 1.807) is 0 Å². The molecule has 0 spiro atoms. The third-order valence-corrected chi connectivity index (χ3v) is 1.16. The maximum absolute atomic E-state index is 12.5. The van der Waals surface area contributed by atoms with Crippen molar-refractivity contribution in [1.82, 2.24) is 0 Å². The Balaban J connectivity index is 3.30. The molecule has 0 atom stereocenters. The Kier molecular flexibility index (Phi) is 2.11. The van der Waals surface area contributed by atoms with Gasteiger partial charge in [-0.05, 0) is 17.7 Å². The minimum absolute atomic E-state index is 0.217. The molecule has 0 saturated heterocycles. The van der Waals surface area contributed by atoms with Crippen LogP contribution in [0.5, 0.6) is 5.75 Å². The Morgan fingerprint density at radius 1 is 1.33 bits per heavy atom. The van der Waals surface area contributed by atoms with Gasteiger partial charge in [0.15, 0.2) is 17.4 Å². The Bertz CT molecular complexity index is 337. The van der Waals surface area contributed by atoms with Crippen molar-refractivity contribution in [3.8, 4) is 5.75 Å². The fourth-order valence-electron chi connectivity index (χ4n) is 0.662. The summed E-state index contributed by atoms with van der Waals surface area (Å²) in [6, 6.07) is 1.47. The predicted octanol–water partition coefficient (Wildman–Crippen LogP) is 2.61. The van der Waals surface area contributed by atoms with E-state index in [4.69, 9.17) is 10.6 Å². The molecule has 12 heavy (non-hydrogen) atoms. The average molecular weight is 171 g/mol. The van der Waals surface area contributed by atoms with Crippen LogP contribution in [0.15, 0.2) is 17.2 Å². The lowest BCUT2D eigenvalue weighted by atomic mass is 10.3. The summed E-state index contributed by atoms with van der Waals surface area (Å²) in [7, 11) is 0. The molecule has 6 heteroatoms. The minimum atomic E-state index is -1.16. The second kappa shape index (κ2) is 3.06. The SMILES string of the molecule is [N-]=[N+]=Nc1cc(F)c(O)c(F)c1. The van der Waals surface area contributed by atoms with Crippen LogP contribution in [0.1, 0.15) is 0 Å². The quantitative estimate of drug-likeness (QED) is 0.393. The molecule has 0 fully saturated rings. The summed E-state index contributed by atoms with van der Waals surface area (Å²) in [6.07, 6.45) is 0. The first kappa shape index (κ1) is 8.29. The van der Waals surface area contributed by atoms with Crippen LogP contribution >= 0.6 is 0 Å². The topological polar surface area (TPSA) is 69.0 Å². The highest BCUT2D eigenvalue weighted by Crippen LogP contribution is 2.25. The number of hydrogen-bond acceptors (Lipinski definition) is 2. The van der Waals surface area contributed by atoms with Crippen molar-refractivity contribution in [3.05, 3.63) is 34.2 Å². The van der Waals surface area contributed by atoms with Crippen molar-refractivity contribution in [2.75, 3.05) is 0 Å². The number of hydrogen-bond donors (Lipinski definition) is 1. The van der Waals surface area contributed by atoms with Crippen molar-refractivity contribution >= 4 is 5.69 Å².